The van der Waals surface area contributed by atoms with Crippen LogP contribution in [0.4, 0.5) is 0 Å². The van der Waals surface area contributed by atoms with Crippen molar-refractivity contribution in [2.75, 3.05) is 46.2 Å². The monoisotopic (exact) mass is 302 g/mol. The number of esters is 1. The molecule has 0 radical (unpaired) electrons. The molecular weight excluding hydrogens is 280 g/mol. The van der Waals surface area contributed by atoms with Crippen molar-refractivity contribution in [3.63, 3.8) is 0 Å². The van der Waals surface area contributed by atoms with Crippen LogP contribution in [0.15, 0.2) is 0 Å². The van der Waals surface area contributed by atoms with E-state index in [-0.39, 0.29) is 32.0 Å². The normalized spacial score (nSPS) is 10.0. The van der Waals surface area contributed by atoms with E-state index < -0.39 is 5.97 Å². The summed E-state index contributed by atoms with van der Waals surface area (Å²) in [6, 6.07) is 0. The van der Waals surface area contributed by atoms with Crippen LogP contribution in [0.1, 0.15) is 19.3 Å². The predicted molar refractivity (Wildman–Crippen MR) is 73.7 cm³/mol. The van der Waals surface area contributed by atoms with E-state index in [1.165, 1.54) is 0 Å². The Kier molecular flexibility index (Phi) is 13.6. The van der Waals surface area contributed by atoms with E-state index in [2.05, 4.69) is 5.92 Å². The molecular formula is C14H22O7. The van der Waals surface area contributed by atoms with Crippen LogP contribution >= 0.6 is 0 Å². The molecule has 7 heteroatoms. The number of carbonyl (C=O) groups is 2. The maximum absolute atomic E-state index is 11.1. The molecule has 0 aliphatic rings. The van der Waals surface area contributed by atoms with Gasteiger partial charge in [0.25, 0.3) is 0 Å². The van der Waals surface area contributed by atoms with Crippen molar-refractivity contribution in [1.29, 1.82) is 0 Å². The molecule has 7 nitrogen and oxygen atoms in total. The minimum atomic E-state index is -0.882. The molecule has 0 saturated carbocycles. The molecule has 0 aromatic heterocycles. The average Bonchev–Trinajstić information content (AvgIpc) is 2.45. The van der Waals surface area contributed by atoms with E-state index in [4.69, 9.17) is 30.5 Å². The molecule has 21 heavy (non-hydrogen) atoms. The summed E-state index contributed by atoms with van der Waals surface area (Å²) in [5, 5.41) is 8.37. The van der Waals surface area contributed by atoms with E-state index in [0.29, 0.717) is 39.5 Å². The molecule has 0 aromatic carbocycles. The third-order valence-electron chi connectivity index (χ3n) is 2.19. The summed E-state index contributed by atoms with van der Waals surface area (Å²) in [4.78, 5) is 21.2. The molecule has 0 bridgehead atoms. The number of carboxylic acid groups (broad SMARTS) is 1. The fourth-order valence-corrected chi connectivity index (χ4v) is 1.21. The van der Waals surface area contributed by atoms with Gasteiger partial charge in [0.15, 0.2) is 6.61 Å². The predicted octanol–water partition coefficient (Wildman–Crippen LogP) is 0.468. The third-order valence-corrected chi connectivity index (χ3v) is 2.19. The highest BCUT2D eigenvalue weighted by atomic mass is 16.5. The SMILES string of the molecule is C#CCOC(=O)CCCOCCOCCOCCC(=O)O. The Bertz CT molecular complexity index is 322. The van der Waals surface area contributed by atoms with Crippen molar-refractivity contribution in [1.82, 2.24) is 0 Å². The van der Waals surface area contributed by atoms with Gasteiger partial charge in [0.05, 0.1) is 39.5 Å². The molecule has 1 N–H and O–H groups in total. The van der Waals surface area contributed by atoms with Gasteiger partial charge in [-0.25, -0.2) is 0 Å². The molecule has 120 valence electrons. The smallest absolute Gasteiger partial charge is 0.306 e. The van der Waals surface area contributed by atoms with Crippen LogP contribution in [0.5, 0.6) is 0 Å². The minimum Gasteiger partial charge on any atom is -0.481 e. The quantitative estimate of drug-likeness (QED) is 0.283. The Morgan fingerprint density at radius 3 is 2.05 bits per heavy atom. The van der Waals surface area contributed by atoms with Gasteiger partial charge in [0.1, 0.15) is 0 Å². The summed E-state index contributed by atoms with van der Waals surface area (Å²) in [6.45, 7) is 2.23. The molecule has 0 unspecified atom stereocenters. The largest absolute Gasteiger partial charge is 0.481 e. The summed E-state index contributed by atoms with van der Waals surface area (Å²) in [6.07, 6.45) is 5.79. The second kappa shape index (κ2) is 14.8. The molecule has 0 spiro atoms. The number of carbonyl (C=O) groups excluding carboxylic acids is 1. The van der Waals surface area contributed by atoms with Crippen molar-refractivity contribution in [3.8, 4) is 12.3 Å². The number of hydrogen-bond acceptors (Lipinski definition) is 6. The first-order valence-electron chi connectivity index (χ1n) is 6.71. The van der Waals surface area contributed by atoms with Crippen LogP contribution in [0.2, 0.25) is 0 Å². The Balaban J connectivity index is 3.11. The minimum absolute atomic E-state index is 0.00205. The lowest BCUT2D eigenvalue weighted by atomic mass is 10.3. The van der Waals surface area contributed by atoms with E-state index in [1.54, 1.807) is 0 Å². The summed E-state index contributed by atoms with van der Waals surface area (Å²) in [5.74, 6) is 1.01. The molecule has 0 aliphatic heterocycles. The second-order valence-corrected chi connectivity index (χ2v) is 3.95. The van der Waals surface area contributed by atoms with Crippen LogP contribution in [0.3, 0.4) is 0 Å². The standard InChI is InChI=1S/C14H22O7/c1-2-6-21-14(17)4-3-7-18-9-11-20-12-10-19-8-5-13(15)16/h1H,3-12H2,(H,15,16). The number of terminal acetylenes is 1. The molecule has 0 amide bonds. The lowest BCUT2D eigenvalue weighted by Crippen LogP contribution is -2.12. The van der Waals surface area contributed by atoms with Crippen LogP contribution in [-0.4, -0.2) is 63.3 Å². The molecule has 0 heterocycles. The molecule has 0 saturated heterocycles. The highest BCUT2D eigenvalue weighted by molar-refractivity contribution is 5.69. The lowest BCUT2D eigenvalue weighted by Gasteiger charge is -2.06. The molecule has 0 aromatic rings. The van der Waals surface area contributed by atoms with Gasteiger partial charge in [-0.05, 0) is 6.42 Å². The van der Waals surface area contributed by atoms with Gasteiger partial charge in [-0.15, -0.1) is 6.42 Å². The maximum atomic E-state index is 11.1. The molecule has 0 fully saturated rings. The zero-order chi connectivity index (χ0) is 15.8. The first-order valence-corrected chi connectivity index (χ1v) is 6.71. The fourth-order valence-electron chi connectivity index (χ4n) is 1.21. The van der Waals surface area contributed by atoms with Gasteiger partial charge in [-0.1, -0.05) is 5.92 Å². The Morgan fingerprint density at radius 2 is 1.48 bits per heavy atom. The lowest BCUT2D eigenvalue weighted by molar-refractivity contribution is -0.142. The van der Waals surface area contributed by atoms with E-state index in [0.717, 1.165) is 0 Å². The van der Waals surface area contributed by atoms with Crippen molar-refractivity contribution in [3.05, 3.63) is 0 Å². The zero-order valence-corrected chi connectivity index (χ0v) is 12.0. The van der Waals surface area contributed by atoms with Crippen LogP contribution in [-0.2, 0) is 28.5 Å². The Hall–Kier alpha value is -1.62. The van der Waals surface area contributed by atoms with Crippen LogP contribution in [0, 0.1) is 12.3 Å². The average molecular weight is 302 g/mol. The highest BCUT2D eigenvalue weighted by Crippen LogP contribution is 1.94. The van der Waals surface area contributed by atoms with Crippen LogP contribution in [0.25, 0.3) is 0 Å². The van der Waals surface area contributed by atoms with Crippen LogP contribution < -0.4 is 0 Å². The number of ether oxygens (including phenoxy) is 4. The van der Waals surface area contributed by atoms with Gasteiger partial charge in [-0.3, -0.25) is 9.59 Å². The first-order chi connectivity index (χ1) is 10.2. The van der Waals surface area contributed by atoms with Crippen molar-refractivity contribution >= 4 is 11.9 Å². The summed E-state index contributed by atoms with van der Waals surface area (Å²) in [5.41, 5.74) is 0. The summed E-state index contributed by atoms with van der Waals surface area (Å²) >= 11 is 0. The topological polar surface area (TPSA) is 91.3 Å². The van der Waals surface area contributed by atoms with E-state index in [1.807, 2.05) is 0 Å². The Labute approximate surface area is 124 Å². The number of hydrogen-bond donors (Lipinski definition) is 1. The van der Waals surface area contributed by atoms with Crippen molar-refractivity contribution in [2.45, 2.75) is 19.3 Å². The highest BCUT2D eigenvalue weighted by Gasteiger charge is 2.01. The summed E-state index contributed by atoms with van der Waals surface area (Å²) in [7, 11) is 0. The van der Waals surface area contributed by atoms with E-state index in [9.17, 15) is 9.59 Å². The second-order valence-electron chi connectivity index (χ2n) is 3.95. The fraction of sp³-hybridized carbons (Fsp3) is 0.714. The van der Waals surface area contributed by atoms with Gasteiger partial charge in [-0.2, -0.15) is 0 Å². The zero-order valence-electron chi connectivity index (χ0n) is 12.0. The van der Waals surface area contributed by atoms with Crippen molar-refractivity contribution < 1.29 is 33.6 Å². The van der Waals surface area contributed by atoms with E-state index >= 15 is 0 Å². The molecule has 0 atom stereocenters. The Morgan fingerprint density at radius 1 is 0.905 bits per heavy atom. The maximum Gasteiger partial charge on any atom is 0.306 e. The van der Waals surface area contributed by atoms with Gasteiger partial charge in [0, 0.05) is 13.0 Å². The van der Waals surface area contributed by atoms with Crippen molar-refractivity contribution in [2.24, 2.45) is 0 Å². The molecule has 0 aliphatic carbocycles. The third kappa shape index (κ3) is 16.3. The molecule has 0 rings (SSSR count). The number of rotatable bonds is 14. The van der Waals surface area contributed by atoms with Gasteiger partial charge >= 0.3 is 11.9 Å². The van der Waals surface area contributed by atoms with Gasteiger partial charge in [0.2, 0.25) is 0 Å². The van der Waals surface area contributed by atoms with Gasteiger partial charge < -0.3 is 24.1 Å². The first kappa shape index (κ1) is 19.4. The number of carboxylic acids is 1. The number of aliphatic carboxylic acids is 1. The summed E-state index contributed by atoms with van der Waals surface area (Å²) < 4.78 is 20.2.